The van der Waals surface area contributed by atoms with Crippen LogP contribution in [0.25, 0.3) is 11.2 Å². The maximum atomic E-state index is 13.3. The van der Waals surface area contributed by atoms with E-state index in [9.17, 15) is 19.2 Å². The molecule has 4 aromatic rings. The number of hydrazine groups is 1. The lowest BCUT2D eigenvalue weighted by Crippen LogP contribution is -2.48. The predicted molar refractivity (Wildman–Crippen MR) is 128 cm³/mol. The van der Waals surface area contributed by atoms with Crippen LogP contribution in [0.4, 0.5) is 5.82 Å². The largest absolute Gasteiger partial charge is 0.383 e. The van der Waals surface area contributed by atoms with Gasteiger partial charge in [0.2, 0.25) is 0 Å². The number of anilines is 1. The van der Waals surface area contributed by atoms with Crippen molar-refractivity contribution in [1.82, 2.24) is 39.5 Å². The number of benzene rings is 1. The fourth-order valence-corrected chi connectivity index (χ4v) is 3.54. The fraction of sp³-hybridized carbons (Fsp3) is 0.227. The van der Waals surface area contributed by atoms with Crippen LogP contribution in [0.15, 0.2) is 58.6 Å². The molecule has 1 aromatic carbocycles. The van der Waals surface area contributed by atoms with Gasteiger partial charge in [-0.15, -0.1) is 0 Å². The molecular formula is C22H23N9O5. The number of hydrogen-bond donors (Lipinski definition) is 3. The molecule has 0 bridgehead atoms. The van der Waals surface area contributed by atoms with Gasteiger partial charge in [0.1, 0.15) is 6.54 Å². The van der Waals surface area contributed by atoms with Crippen molar-refractivity contribution in [3.63, 3.8) is 0 Å². The molecule has 0 radical (unpaired) electrons. The zero-order chi connectivity index (χ0) is 25.7. The summed E-state index contributed by atoms with van der Waals surface area (Å²) in [5.41, 5.74) is 9.43. The van der Waals surface area contributed by atoms with Gasteiger partial charge in [0, 0.05) is 26.0 Å². The van der Waals surface area contributed by atoms with Crippen molar-refractivity contribution in [3.8, 4) is 0 Å². The Morgan fingerprint density at radius 1 is 1.03 bits per heavy atom. The monoisotopic (exact) mass is 493 g/mol. The Kier molecular flexibility index (Phi) is 7.15. The van der Waals surface area contributed by atoms with Crippen molar-refractivity contribution in [3.05, 3.63) is 81.1 Å². The fourth-order valence-electron chi connectivity index (χ4n) is 3.54. The van der Waals surface area contributed by atoms with E-state index in [1.807, 2.05) is 30.3 Å². The van der Waals surface area contributed by atoms with Crippen LogP contribution in [-0.4, -0.2) is 54.2 Å². The molecule has 0 fully saturated rings. The number of methoxy groups -OCH3 is 1. The lowest BCUT2D eigenvalue weighted by Gasteiger charge is -2.13. The van der Waals surface area contributed by atoms with Gasteiger partial charge in [0.25, 0.3) is 17.4 Å². The summed E-state index contributed by atoms with van der Waals surface area (Å²) in [4.78, 5) is 63.3. The van der Waals surface area contributed by atoms with Crippen molar-refractivity contribution in [2.24, 2.45) is 0 Å². The minimum atomic E-state index is -0.821. The lowest BCUT2D eigenvalue weighted by molar-refractivity contribution is -0.122. The summed E-state index contributed by atoms with van der Waals surface area (Å²) >= 11 is 0. The highest BCUT2D eigenvalue weighted by atomic mass is 16.5. The summed E-state index contributed by atoms with van der Waals surface area (Å²) in [6.45, 7) is 0.0877. The van der Waals surface area contributed by atoms with Crippen LogP contribution in [0.2, 0.25) is 0 Å². The molecule has 4 rings (SSSR count). The number of ether oxygens (including phenoxy) is 1. The van der Waals surface area contributed by atoms with Gasteiger partial charge in [-0.1, -0.05) is 30.3 Å². The number of carbonyl (C=O) groups is 2. The Balaban J connectivity index is 1.66. The van der Waals surface area contributed by atoms with Crippen LogP contribution in [0.1, 0.15) is 16.1 Å². The van der Waals surface area contributed by atoms with Gasteiger partial charge in [-0.05, 0) is 5.56 Å². The van der Waals surface area contributed by atoms with Gasteiger partial charge in [-0.25, -0.2) is 24.3 Å². The highest BCUT2D eigenvalue weighted by Crippen LogP contribution is 2.10. The molecule has 0 aliphatic heterocycles. The summed E-state index contributed by atoms with van der Waals surface area (Å²) in [5.74, 6) is -1.76. The first-order valence-corrected chi connectivity index (χ1v) is 10.8. The summed E-state index contributed by atoms with van der Waals surface area (Å²) in [7, 11) is 1.52. The number of nitrogens with two attached hydrogens (primary N) is 1. The molecule has 0 saturated heterocycles. The Morgan fingerprint density at radius 3 is 2.50 bits per heavy atom. The van der Waals surface area contributed by atoms with Crippen LogP contribution in [0, 0.1) is 0 Å². The zero-order valence-electron chi connectivity index (χ0n) is 19.2. The molecule has 0 spiro atoms. The number of imidazole rings is 1. The molecular weight excluding hydrogens is 470 g/mol. The second-order valence-electron chi connectivity index (χ2n) is 7.64. The van der Waals surface area contributed by atoms with E-state index in [-0.39, 0.29) is 29.2 Å². The van der Waals surface area contributed by atoms with E-state index in [0.29, 0.717) is 13.2 Å². The van der Waals surface area contributed by atoms with E-state index >= 15 is 0 Å². The number of hydrogen-bond acceptors (Lipinski definition) is 9. The third-order valence-corrected chi connectivity index (χ3v) is 5.26. The molecule has 3 heterocycles. The number of amides is 2. The van der Waals surface area contributed by atoms with Crippen LogP contribution in [0.3, 0.4) is 0 Å². The van der Waals surface area contributed by atoms with Gasteiger partial charge < -0.3 is 15.0 Å². The number of carbonyl (C=O) groups excluding carboxylic acids is 2. The molecule has 0 saturated carbocycles. The third-order valence-electron chi connectivity index (χ3n) is 5.26. The molecule has 2 amide bonds. The highest BCUT2D eigenvalue weighted by molar-refractivity contribution is 5.97. The van der Waals surface area contributed by atoms with Crippen LogP contribution >= 0.6 is 0 Å². The normalized spacial score (nSPS) is 10.9. The highest BCUT2D eigenvalue weighted by Gasteiger charge is 2.20. The number of nitrogens with zero attached hydrogens (tertiary/aromatic N) is 6. The second kappa shape index (κ2) is 10.6. The average molecular weight is 493 g/mol. The van der Waals surface area contributed by atoms with Crippen LogP contribution < -0.4 is 27.8 Å². The van der Waals surface area contributed by atoms with Crippen molar-refractivity contribution >= 4 is 28.8 Å². The van der Waals surface area contributed by atoms with E-state index in [4.69, 9.17) is 10.5 Å². The van der Waals surface area contributed by atoms with Gasteiger partial charge in [0.05, 0.1) is 19.5 Å². The Morgan fingerprint density at radius 2 is 1.78 bits per heavy atom. The molecule has 14 nitrogen and oxygen atoms in total. The summed E-state index contributed by atoms with van der Waals surface area (Å²) in [6, 6.07) is 9.15. The van der Waals surface area contributed by atoms with Crippen molar-refractivity contribution in [1.29, 1.82) is 0 Å². The number of fused-ring (bicyclic) bond motifs is 1. The molecule has 36 heavy (non-hydrogen) atoms. The Bertz CT molecular complexity index is 1520. The first-order chi connectivity index (χ1) is 17.4. The number of nitrogens with one attached hydrogen (secondary N) is 2. The summed E-state index contributed by atoms with van der Waals surface area (Å²) in [6.07, 6.45) is 4.02. The van der Waals surface area contributed by atoms with E-state index in [1.165, 1.54) is 30.4 Å². The number of rotatable bonds is 8. The molecule has 3 aromatic heterocycles. The van der Waals surface area contributed by atoms with Gasteiger partial charge in [-0.2, -0.15) is 0 Å². The third kappa shape index (κ3) is 4.97. The predicted octanol–water partition coefficient (Wildman–Crippen LogP) is -1.11. The van der Waals surface area contributed by atoms with E-state index in [1.54, 1.807) is 4.57 Å². The smallest absolute Gasteiger partial charge is 0.333 e. The molecule has 0 unspecified atom stereocenters. The van der Waals surface area contributed by atoms with Gasteiger partial charge in [0.15, 0.2) is 22.7 Å². The van der Waals surface area contributed by atoms with E-state index in [2.05, 4.69) is 25.8 Å². The average Bonchev–Trinajstić information content (AvgIpc) is 3.31. The number of nitrogen functional groups attached to an aromatic ring is 1. The van der Waals surface area contributed by atoms with Crippen molar-refractivity contribution in [2.75, 3.05) is 19.5 Å². The quantitative estimate of drug-likeness (QED) is 0.256. The Labute approximate surface area is 203 Å². The minimum absolute atomic E-state index is 0.126. The van der Waals surface area contributed by atoms with Gasteiger partial charge >= 0.3 is 5.69 Å². The Hall–Kier alpha value is -4.85. The topological polar surface area (TPSA) is 181 Å². The van der Waals surface area contributed by atoms with Gasteiger partial charge in [-0.3, -0.25) is 29.8 Å². The van der Waals surface area contributed by atoms with Crippen LogP contribution in [-0.2, 0) is 29.2 Å². The van der Waals surface area contributed by atoms with E-state index in [0.717, 1.165) is 10.1 Å². The summed E-state index contributed by atoms with van der Waals surface area (Å²) < 4.78 is 8.77. The summed E-state index contributed by atoms with van der Waals surface area (Å²) in [5, 5.41) is 0. The van der Waals surface area contributed by atoms with Crippen LogP contribution in [0.5, 0.6) is 0 Å². The van der Waals surface area contributed by atoms with E-state index < -0.39 is 29.6 Å². The minimum Gasteiger partial charge on any atom is -0.383 e. The second-order valence-corrected chi connectivity index (χ2v) is 7.64. The zero-order valence-corrected chi connectivity index (χ0v) is 19.2. The first-order valence-electron chi connectivity index (χ1n) is 10.8. The standard InChI is InChI=1S/C22H23N9O5/c1-36-10-9-29-13-26-19-17(29)21(34)31(22(35)30(19)11-14-5-3-2-4-6-14)12-15(32)27-28-20(33)16-18(23)25-8-7-24-16/h2-8,13H,9-12H2,1H3,(H2,23,25)(H,27,32)(H,28,33). The molecule has 0 atom stereocenters. The van der Waals surface area contributed by atoms with Crippen molar-refractivity contribution in [2.45, 2.75) is 19.6 Å². The molecule has 0 aliphatic rings. The lowest BCUT2D eigenvalue weighted by atomic mass is 10.2. The molecule has 14 heteroatoms. The maximum Gasteiger partial charge on any atom is 0.333 e. The number of aromatic nitrogens is 6. The maximum absolute atomic E-state index is 13.3. The van der Waals surface area contributed by atoms with Crippen molar-refractivity contribution < 1.29 is 14.3 Å². The first kappa shape index (κ1) is 24.3. The molecule has 0 aliphatic carbocycles. The molecule has 4 N–H and O–H groups in total. The SMILES string of the molecule is COCCn1cnc2c1c(=O)n(CC(=O)NNC(=O)c1nccnc1N)c(=O)n2Cc1ccccc1. The molecule has 186 valence electrons.